The third-order valence-electron chi connectivity index (χ3n) is 6.70. The van der Waals surface area contributed by atoms with Crippen molar-refractivity contribution in [3.63, 3.8) is 0 Å². The highest BCUT2D eigenvalue weighted by molar-refractivity contribution is 6.30. The number of nitrogens with one attached hydrogen (secondary N) is 2. The maximum atomic E-state index is 14.0. The van der Waals surface area contributed by atoms with Gasteiger partial charge in [0.05, 0.1) is 30.8 Å². The molecule has 0 saturated heterocycles. The number of aliphatic hydroxyl groups excluding tert-OH is 1. The number of aliphatic hydroxyl groups is 1. The average molecular weight is 662 g/mol. The van der Waals surface area contributed by atoms with Crippen LogP contribution >= 0.6 is 24.0 Å². The minimum absolute atomic E-state index is 0. The van der Waals surface area contributed by atoms with Gasteiger partial charge >= 0.3 is 18.1 Å². The van der Waals surface area contributed by atoms with E-state index < -0.39 is 41.4 Å². The first-order valence-electron chi connectivity index (χ1n) is 13.9. The van der Waals surface area contributed by atoms with Crippen LogP contribution in [0.3, 0.4) is 0 Å². The van der Waals surface area contributed by atoms with Gasteiger partial charge in [0.2, 0.25) is 0 Å². The number of esters is 2. The standard InChI is InChI=1S/C31H36ClF3N2O6.ClH/c1-20-25(26(21-11-10-12-22(32)17-21)27(29(39)41-2)28(37-20)31(33,34)35)30(40)42-16-9-4-3-8-15-36-18-23(38)19-43-24-13-6-5-7-14-24;/h5-7,10-14,17,23,26,36-38H,3-4,8-9,15-16,18-19H2,1-2H3;1H. The van der Waals surface area contributed by atoms with Crippen molar-refractivity contribution in [1.29, 1.82) is 0 Å². The Kier molecular flexibility index (Phi) is 15.0. The zero-order valence-corrected chi connectivity index (χ0v) is 26.0. The van der Waals surface area contributed by atoms with Gasteiger partial charge in [-0.25, -0.2) is 9.59 Å². The Labute approximate surface area is 266 Å². The number of unbranched alkanes of at least 4 members (excludes halogenated alkanes) is 3. The SMILES string of the molecule is COC(=O)C1=C(C(F)(F)F)NC(C)=C(C(=O)OCCCCCCNCC(O)COc2ccccc2)C1c1cccc(Cl)c1.Cl. The number of allylic oxidation sites excluding steroid dienone is 2. The molecule has 3 N–H and O–H groups in total. The van der Waals surface area contributed by atoms with Crippen molar-refractivity contribution in [2.75, 3.05) is 33.4 Å². The van der Waals surface area contributed by atoms with E-state index >= 15 is 0 Å². The van der Waals surface area contributed by atoms with Crippen molar-refractivity contribution in [3.05, 3.63) is 87.7 Å². The molecule has 8 nitrogen and oxygen atoms in total. The molecule has 1 aliphatic heterocycles. The first-order valence-corrected chi connectivity index (χ1v) is 14.3. The lowest BCUT2D eigenvalue weighted by atomic mass is 9.80. The quantitative estimate of drug-likeness (QED) is 0.162. The fourth-order valence-corrected chi connectivity index (χ4v) is 4.85. The van der Waals surface area contributed by atoms with Gasteiger partial charge in [-0.05, 0) is 56.1 Å². The molecular weight excluding hydrogens is 624 g/mol. The van der Waals surface area contributed by atoms with Crippen molar-refractivity contribution < 1.29 is 42.1 Å². The number of rotatable bonds is 15. The summed E-state index contributed by atoms with van der Waals surface area (Å²) in [5.74, 6) is -2.78. The monoisotopic (exact) mass is 660 g/mol. The highest BCUT2D eigenvalue weighted by Gasteiger charge is 2.47. The minimum Gasteiger partial charge on any atom is -0.491 e. The maximum absolute atomic E-state index is 14.0. The van der Waals surface area contributed by atoms with Gasteiger partial charge in [0.1, 0.15) is 24.2 Å². The third kappa shape index (κ3) is 10.7. The Morgan fingerprint density at radius 3 is 2.39 bits per heavy atom. The van der Waals surface area contributed by atoms with Gasteiger partial charge < -0.3 is 30.0 Å². The molecule has 0 saturated carbocycles. The molecule has 2 aromatic rings. The highest BCUT2D eigenvalue weighted by Crippen LogP contribution is 2.43. The number of para-hydroxylation sites is 1. The number of alkyl halides is 3. The van der Waals surface area contributed by atoms with Crippen LogP contribution in [0.15, 0.2) is 77.1 Å². The molecule has 44 heavy (non-hydrogen) atoms. The van der Waals surface area contributed by atoms with E-state index in [-0.39, 0.29) is 47.5 Å². The van der Waals surface area contributed by atoms with Crippen LogP contribution in [0, 0.1) is 0 Å². The molecule has 1 aliphatic rings. The van der Waals surface area contributed by atoms with E-state index in [9.17, 15) is 27.9 Å². The summed E-state index contributed by atoms with van der Waals surface area (Å²) in [6.45, 7) is 2.63. The molecule has 0 radical (unpaired) electrons. The molecule has 0 aliphatic carbocycles. The number of ether oxygens (including phenoxy) is 3. The number of halogens is 5. The van der Waals surface area contributed by atoms with Crippen LogP contribution in [-0.4, -0.2) is 62.7 Å². The van der Waals surface area contributed by atoms with Crippen LogP contribution in [0.2, 0.25) is 5.02 Å². The Balaban J connectivity index is 0.00000675. The summed E-state index contributed by atoms with van der Waals surface area (Å²) in [5.41, 5.74) is -2.05. The number of dihydropyridines is 1. The Hall–Kier alpha value is -3.25. The van der Waals surface area contributed by atoms with Crippen LogP contribution in [0.1, 0.15) is 44.1 Å². The topological polar surface area (TPSA) is 106 Å². The number of benzene rings is 2. The average Bonchev–Trinajstić information content (AvgIpc) is 2.98. The summed E-state index contributed by atoms with van der Waals surface area (Å²) in [4.78, 5) is 25.9. The van der Waals surface area contributed by atoms with Crippen molar-refractivity contribution in [2.45, 2.75) is 50.8 Å². The molecule has 13 heteroatoms. The summed E-state index contributed by atoms with van der Waals surface area (Å²) >= 11 is 6.11. The lowest BCUT2D eigenvalue weighted by Crippen LogP contribution is -2.38. The maximum Gasteiger partial charge on any atom is 0.431 e. The second-order valence-corrected chi connectivity index (χ2v) is 10.4. The van der Waals surface area contributed by atoms with Gasteiger partial charge in [-0.15, -0.1) is 12.4 Å². The van der Waals surface area contributed by atoms with Gasteiger partial charge in [0.15, 0.2) is 0 Å². The summed E-state index contributed by atoms with van der Waals surface area (Å²) in [6.07, 6.45) is -2.62. The second kappa shape index (κ2) is 17.9. The van der Waals surface area contributed by atoms with Crippen LogP contribution in [0.4, 0.5) is 13.2 Å². The van der Waals surface area contributed by atoms with Gasteiger partial charge in [-0.2, -0.15) is 13.2 Å². The van der Waals surface area contributed by atoms with Gasteiger partial charge in [-0.1, -0.05) is 54.8 Å². The van der Waals surface area contributed by atoms with Crippen molar-refractivity contribution in [1.82, 2.24) is 10.6 Å². The summed E-state index contributed by atoms with van der Waals surface area (Å²) in [5, 5.41) is 15.6. The van der Waals surface area contributed by atoms with Crippen LogP contribution in [-0.2, 0) is 19.1 Å². The fourth-order valence-electron chi connectivity index (χ4n) is 4.66. The number of carbonyl (C=O) groups excluding carboxylic acids is 2. The molecule has 3 rings (SSSR count). The molecule has 0 spiro atoms. The number of hydrogen-bond donors (Lipinski definition) is 3. The lowest BCUT2D eigenvalue weighted by Gasteiger charge is -2.32. The highest BCUT2D eigenvalue weighted by atomic mass is 35.5. The van der Waals surface area contributed by atoms with Crippen molar-refractivity contribution in [3.8, 4) is 5.75 Å². The molecule has 0 bridgehead atoms. The molecule has 2 aromatic carbocycles. The summed E-state index contributed by atoms with van der Waals surface area (Å²) in [7, 11) is 0.972. The van der Waals surface area contributed by atoms with E-state index in [1.807, 2.05) is 30.3 Å². The molecule has 0 fully saturated rings. The normalized spacial score (nSPS) is 15.7. The molecular formula is C31H37Cl2F3N2O6. The predicted molar refractivity (Wildman–Crippen MR) is 163 cm³/mol. The van der Waals surface area contributed by atoms with Crippen molar-refractivity contribution in [2.24, 2.45) is 0 Å². The smallest absolute Gasteiger partial charge is 0.431 e. The first-order chi connectivity index (χ1) is 20.5. The number of methoxy groups -OCH3 is 1. The van der Waals surface area contributed by atoms with E-state index in [4.69, 9.17) is 21.1 Å². The summed E-state index contributed by atoms with van der Waals surface area (Å²) < 4.78 is 57.6. The molecule has 242 valence electrons. The number of hydrogen-bond acceptors (Lipinski definition) is 8. The zero-order chi connectivity index (χ0) is 31.4. The Morgan fingerprint density at radius 2 is 1.73 bits per heavy atom. The first kappa shape index (κ1) is 36.9. The predicted octanol–water partition coefficient (Wildman–Crippen LogP) is 5.85. The summed E-state index contributed by atoms with van der Waals surface area (Å²) in [6, 6.07) is 15.2. The zero-order valence-electron chi connectivity index (χ0n) is 24.4. The third-order valence-corrected chi connectivity index (χ3v) is 6.94. The lowest BCUT2D eigenvalue weighted by molar-refractivity contribution is -0.140. The van der Waals surface area contributed by atoms with Gasteiger partial charge in [0, 0.05) is 17.3 Å². The van der Waals surface area contributed by atoms with Gasteiger partial charge in [-0.3, -0.25) is 0 Å². The Morgan fingerprint density at radius 1 is 1.02 bits per heavy atom. The van der Waals surface area contributed by atoms with Gasteiger partial charge in [0.25, 0.3) is 0 Å². The molecule has 1 heterocycles. The van der Waals surface area contributed by atoms with E-state index in [0.717, 1.165) is 26.4 Å². The minimum atomic E-state index is -4.92. The van der Waals surface area contributed by atoms with E-state index in [0.29, 0.717) is 25.3 Å². The molecule has 2 unspecified atom stereocenters. The van der Waals surface area contributed by atoms with E-state index in [1.165, 1.54) is 31.2 Å². The molecule has 2 atom stereocenters. The molecule has 0 aromatic heterocycles. The van der Waals surface area contributed by atoms with Crippen LogP contribution < -0.4 is 15.4 Å². The van der Waals surface area contributed by atoms with Crippen molar-refractivity contribution >= 4 is 35.9 Å². The second-order valence-electron chi connectivity index (χ2n) is 9.96. The fraction of sp³-hybridized carbons (Fsp3) is 0.419. The van der Waals surface area contributed by atoms with Crippen LogP contribution in [0.5, 0.6) is 5.75 Å². The molecule has 0 amide bonds. The van der Waals surface area contributed by atoms with E-state index in [2.05, 4.69) is 15.4 Å². The Bertz CT molecular complexity index is 1300. The largest absolute Gasteiger partial charge is 0.491 e. The number of carbonyl (C=O) groups is 2. The van der Waals surface area contributed by atoms with Crippen LogP contribution in [0.25, 0.3) is 0 Å². The van der Waals surface area contributed by atoms with E-state index in [1.54, 1.807) is 0 Å².